The van der Waals surface area contributed by atoms with E-state index in [0.29, 0.717) is 22.9 Å². The Morgan fingerprint density at radius 1 is 0.966 bits per heavy atom. The molecule has 144 valence electrons. The lowest BCUT2D eigenvalue weighted by molar-refractivity contribution is 0.103. The number of nitrogen functional groups attached to an aromatic ring is 1. The largest absolute Gasteiger partial charge is 0.383 e. The minimum atomic E-state index is -0.154. The Morgan fingerprint density at radius 2 is 1.72 bits per heavy atom. The van der Waals surface area contributed by atoms with E-state index in [1.54, 1.807) is 23.1 Å². The van der Waals surface area contributed by atoms with Crippen LogP contribution in [0.1, 0.15) is 41.3 Å². The summed E-state index contributed by atoms with van der Waals surface area (Å²) in [6.07, 6.45) is 5.03. The normalized spacial score (nSPS) is 11.0. The van der Waals surface area contributed by atoms with Crippen molar-refractivity contribution in [3.8, 4) is 16.8 Å². The first-order valence-electron chi connectivity index (χ1n) is 9.53. The van der Waals surface area contributed by atoms with Gasteiger partial charge in [-0.05, 0) is 41.3 Å². The molecule has 0 amide bonds. The molecule has 0 aliphatic rings. The fourth-order valence-electron chi connectivity index (χ4n) is 3.27. The molecule has 0 bridgehead atoms. The van der Waals surface area contributed by atoms with E-state index in [9.17, 15) is 4.79 Å². The Labute approximate surface area is 169 Å². The van der Waals surface area contributed by atoms with Gasteiger partial charge < -0.3 is 5.73 Å². The van der Waals surface area contributed by atoms with Crippen LogP contribution in [0, 0.1) is 0 Å². The summed E-state index contributed by atoms with van der Waals surface area (Å²) in [6, 6.07) is 19.3. The zero-order chi connectivity index (χ0) is 20.4. The van der Waals surface area contributed by atoms with Gasteiger partial charge >= 0.3 is 0 Å². The zero-order valence-corrected chi connectivity index (χ0v) is 16.4. The number of anilines is 1. The minimum absolute atomic E-state index is 0.154. The first-order chi connectivity index (χ1) is 14.0. The molecular formula is C24H22N4O. The van der Waals surface area contributed by atoms with Gasteiger partial charge in [0.25, 0.3) is 0 Å². The summed E-state index contributed by atoms with van der Waals surface area (Å²) in [4.78, 5) is 17.2. The summed E-state index contributed by atoms with van der Waals surface area (Å²) >= 11 is 0. The summed E-state index contributed by atoms with van der Waals surface area (Å²) in [6.45, 7) is 4.29. The number of benzene rings is 2. The van der Waals surface area contributed by atoms with Gasteiger partial charge in [0.05, 0.1) is 17.4 Å². The van der Waals surface area contributed by atoms with E-state index in [1.165, 1.54) is 11.8 Å². The van der Waals surface area contributed by atoms with Gasteiger partial charge in [0.1, 0.15) is 5.82 Å². The maximum atomic E-state index is 13.1. The van der Waals surface area contributed by atoms with Gasteiger partial charge in [-0.15, -0.1) is 0 Å². The van der Waals surface area contributed by atoms with E-state index in [0.717, 1.165) is 16.8 Å². The fraction of sp³-hybridized carbons (Fsp3) is 0.125. The lowest BCUT2D eigenvalue weighted by Crippen LogP contribution is -2.07. The van der Waals surface area contributed by atoms with E-state index in [2.05, 4.69) is 36.1 Å². The summed E-state index contributed by atoms with van der Waals surface area (Å²) in [5.74, 6) is 0.626. The molecule has 0 saturated heterocycles. The molecule has 0 atom stereocenters. The van der Waals surface area contributed by atoms with Crippen molar-refractivity contribution < 1.29 is 4.79 Å². The van der Waals surface area contributed by atoms with Crippen molar-refractivity contribution >= 4 is 11.6 Å². The van der Waals surface area contributed by atoms with Gasteiger partial charge in [-0.2, -0.15) is 5.10 Å². The van der Waals surface area contributed by atoms with E-state index >= 15 is 0 Å². The maximum Gasteiger partial charge on any atom is 0.198 e. The average Bonchev–Trinajstić information content (AvgIpc) is 3.15. The van der Waals surface area contributed by atoms with Crippen LogP contribution in [-0.2, 0) is 0 Å². The second kappa shape index (κ2) is 7.72. The standard InChI is InChI=1S/C24H22N4O/c1-16(2)17-8-10-21(11-9-17)28-24(25)22(15-27-28)23(29)19-6-3-5-18(13-19)20-7-4-12-26-14-20/h3-16H,25H2,1-2H3. The van der Waals surface area contributed by atoms with E-state index in [-0.39, 0.29) is 5.78 Å². The summed E-state index contributed by atoms with van der Waals surface area (Å²) < 4.78 is 1.60. The molecule has 5 heteroatoms. The van der Waals surface area contributed by atoms with Crippen LogP contribution in [0.2, 0.25) is 0 Å². The van der Waals surface area contributed by atoms with Crippen molar-refractivity contribution in [3.05, 3.63) is 95.9 Å². The Bertz CT molecular complexity index is 1150. The van der Waals surface area contributed by atoms with Crippen LogP contribution < -0.4 is 5.73 Å². The molecule has 2 aromatic carbocycles. The first kappa shape index (κ1) is 18.6. The summed E-state index contributed by atoms with van der Waals surface area (Å²) in [5, 5.41) is 4.35. The third-order valence-corrected chi connectivity index (χ3v) is 4.98. The maximum absolute atomic E-state index is 13.1. The molecule has 0 spiro atoms. The predicted octanol–water partition coefficient (Wildman–Crippen LogP) is 4.87. The average molecular weight is 382 g/mol. The summed E-state index contributed by atoms with van der Waals surface area (Å²) in [5.41, 5.74) is 11.2. The van der Waals surface area contributed by atoms with Crippen LogP contribution in [0.5, 0.6) is 0 Å². The number of pyridine rings is 1. The number of rotatable bonds is 5. The van der Waals surface area contributed by atoms with Crippen molar-refractivity contribution in [1.82, 2.24) is 14.8 Å². The lowest BCUT2D eigenvalue weighted by Gasteiger charge is -2.09. The topological polar surface area (TPSA) is 73.8 Å². The number of hydrogen-bond acceptors (Lipinski definition) is 4. The van der Waals surface area contributed by atoms with Crippen LogP contribution in [0.4, 0.5) is 5.82 Å². The Balaban J connectivity index is 1.65. The number of nitrogens with two attached hydrogens (primary N) is 1. The lowest BCUT2D eigenvalue weighted by atomic mass is 10.00. The van der Waals surface area contributed by atoms with Gasteiger partial charge in [0, 0.05) is 23.5 Å². The van der Waals surface area contributed by atoms with Crippen molar-refractivity contribution in [2.24, 2.45) is 0 Å². The molecule has 0 unspecified atom stereocenters. The Kier molecular flexibility index (Phi) is 4.96. The second-order valence-electron chi connectivity index (χ2n) is 7.25. The monoisotopic (exact) mass is 382 g/mol. The van der Waals surface area contributed by atoms with Crippen molar-refractivity contribution in [3.63, 3.8) is 0 Å². The molecule has 2 aromatic heterocycles. The number of hydrogen-bond donors (Lipinski definition) is 1. The van der Waals surface area contributed by atoms with Gasteiger partial charge in [-0.25, -0.2) is 4.68 Å². The molecule has 5 nitrogen and oxygen atoms in total. The molecule has 0 aliphatic carbocycles. The molecule has 2 heterocycles. The Morgan fingerprint density at radius 3 is 2.41 bits per heavy atom. The highest BCUT2D eigenvalue weighted by Crippen LogP contribution is 2.24. The molecular weight excluding hydrogens is 360 g/mol. The van der Waals surface area contributed by atoms with Gasteiger partial charge in [0.2, 0.25) is 0 Å². The van der Waals surface area contributed by atoms with Gasteiger partial charge in [0.15, 0.2) is 5.78 Å². The highest BCUT2D eigenvalue weighted by atomic mass is 16.1. The van der Waals surface area contributed by atoms with E-state index in [4.69, 9.17) is 5.73 Å². The quantitative estimate of drug-likeness (QED) is 0.500. The zero-order valence-electron chi connectivity index (χ0n) is 16.4. The van der Waals surface area contributed by atoms with Crippen LogP contribution in [0.15, 0.2) is 79.3 Å². The van der Waals surface area contributed by atoms with Crippen LogP contribution >= 0.6 is 0 Å². The van der Waals surface area contributed by atoms with Crippen molar-refractivity contribution in [2.75, 3.05) is 5.73 Å². The minimum Gasteiger partial charge on any atom is -0.383 e. The molecule has 2 N–H and O–H groups in total. The third-order valence-electron chi connectivity index (χ3n) is 4.98. The molecule has 0 aliphatic heterocycles. The number of carbonyl (C=O) groups excluding carboxylic acids is 1. The molecule has 29 heavy (non-hydrogen) atoms. The van der Waals surface area contributed by atoms with E-state index < -0.39 is 0 Å². The predicted molar refractivity (Wildman–Crippen MR) is 115 cm³/mol. The second-order valence-corrected chi connectivity index (χ2v) is 7.25. The smallest absolute Gasteiger partial charge is 0.198 e. The number of ketones is 1. The number of carbonyl (C=O) groups is 1. The van der Waals surface area contributed by atoms with E-state index in [1.807, 2.05) is 42.5 Å². The SMILES string of the molecule is CC(C)c1ccc(-n2ncc(C(=O)c3cccc(-c4cccnc4)c3)c2N)cc1. The van der Waals surface area contributed by atoms with Crippen molar-refractivity contribution in [2.45, 2.75) is 19.8 Å². The summed E-state index contributed by atoms with van der Waals surface area (Å²) in [7, 11) is 0. The molecule has 4 rings (SSSR count). The van der Waals surface area contributed by atoms with Crippen LogP contribution in [0.25, 0.3) is 16.8 Å². The molecule has 0 saturated carbocycles. The number of aromatic nitrogens is 3. The fourth-order valence-corrected chi connectivity index (χ4v) is 3.27. The van der Waals surface area contributed by atoms with Gasteiger partial charge in [-0.1, -0.05) is 50.2 Å². The third kappa shape index (κ3) is 3.67. The molecule has 4 aromatic rings. The molecule has 0 radical (unpaired) electrons. The van der Waals surface area contributed by atoms with Crippen LogP contribution in [0.3, 0.4) is 0 Å². The molecule has 0 fully saturated rings. The number of nitrogens with zero attached hydrogens (tertiary/aromatic N) is 3. The highest BCUT2D eigenvalue weighted by molar-refractivity contribution is 6.12. The van der Waals surface area contributed by atoms with Crippen molar-refractivity contribution in [1.29, 1.82) is 0 Å². The highest BCUT2D eigenvalue weighted by Gasteiger charge is 2.18. The van der Waals surface area contributed by atoms with Crippen LogP contribution in [-0.4, -0.2) is 20.5 Å². The first-order valence-corrected chi connectivity index (χ1v) is 9.53. The Hall–Kier alpha value is -3.73. The van der Waals surface area contributed by atoms with Gasteiger partial charge in [-0.3, -0.25) is 9.78 Å².